The topological polar surface area (TPSA) is 89.0 Å². The van der Waals surface area contributed by atoms with E-state index < -0.39 is 22.4 Å². The molecule has 344 valence electrons. The van der Waals surface area contributed by atoms with E-state index >= 15 is 0 Å². The molecule has 0 bridgehead atoms. The van der Waals surface area contributed by atoms with E-state index in [9.17, 15) is 0 Å². The molecule has 0 amide bonds. The zero-order valence-electron chi connectivity index (χ0n) is 42.5. The molecule has 6 heteroatoms. The largest absolute Gasteiger partial charge is 0.483 e. The molecule has 6 aromatic rings. The Balaban J connectivity index is 1.20. The highest BCUT2D eigenvalue weighted by molar-refractivity contribution is 5.54. The molecule has 0 saturated carbocycles. The van der Waals surface area contributed by atoms with Gasteiger partial charge in [0.25, 0.3) is 0 Å². The van der Waals surface area contributed by atoms with E-state index in [1.54, 1.807) is 0 Å². The molecule has 0 aliphatic rings. The maximum atomic E-state index is 6.98. The van der Waals surface area contributed by atoms with Gasteiger partial charge in [-0.1, -0.05) is 62.4 Å². The minimum absolute atomic E-state index is 0.290. The van der Waals surface area contributed by atoms with Crippen LogP contribution in [-0.4, -0.2) is 0 Å². The number of anilines is 2. The van der Waals surface area contributed by atoms with Crippen molar-refractivity contribution < 1.29 is 18.9 Å². The fourth-order valence-corrected chi connectivity index (χ4v) is 9.05. The molecule has 0 aliphatic heterocycles. The molecule has 0 atom stereocenters. The number of aryl methyl sites for hydroxylation is 8. The predicted molar refractivity (Wildman–Crippen MR) is 272 cm³/mol. The molecule has 4 N–H and O–H groups in total. The Labute approximate surface area is 390 Å². The molecule has 0 spiro atoms. The summed E-state index contributed by atoms with van der Waals surface area (Å²) in [5.74, 6) is 3.58. The van der Waals surface area contributed by atoms with Gasteiger partial charge in [0.05, 0.1) is 0 Å². The predicted octanol–water partition coefficient (Wildman–Crippen LogP) is 14.9. The maximum absolute atomic E-state index is 6.98. The highest BCUT2D eigenvalue weighted by Crippen LogP contribution is 2.44. The number of nitrogen functional groups attached to an aromatic ring is 2. The third-order valence-corrected chi connectivity index (χ3v) is 13.3. The Morgan fingerprint density at radius 3 is 0.677 bits per heavy atom. The number of hydrogen-bond donors (Lipinski definition) is 2. The van der Waals surface area contributed by atoms with Crippen LogP contribution in [0.4, 0.5) is 11.4 Å². The summed E-state index contributed by atoms with van der Waals surface area (Å²) in [5, 5.41) is 0. The molecule has 0 saturated heterocycles. The van der Waals surface area contributed by atoms with Gasteiger partial charge in [0.2, 0.25) is 0 Å². The second-order valence-corrected chi connectivity index (χ2v) is 21.1. The molecule has 65 heavy (non-hydrogen) atoms. The van der Waals surface area contributed by atoms with Crippen molar-refractivity contribution in [3.63, 3.8) is 0 Å². The van der Waals surface area contributed by atoms with Gasteiger partial charge in [-0.15, -0.1) is 0 Å². The lowest BCUT2D eigenvalue weighted by molar-refractivity contribution is 0.101. The van der Waals surface area contributed by atoms with E-state index in [-0.39, 0.29) is 5.41 Å². The van der Waals surface area contributed by atoms with Gasteiger partial charge in [0, 0.05) is 16.8 Å². The minimum Gasteiger partial charge on any atom is -0.483 e. The third kappa shape index (κ3) is 10.2. The van der Waals surface area contributed by atoms with E-state index in [2.05, 4.69) is 173 Å². The number of hydrogen-bond acceptors (Lipinski definition) is 6. The van der Waals surface area contributed by atoms with E-state index in [0.717, 1.165) is 101 Å². The molecule has 0 unspecified atom stereocenters. The summed E-state index contributed by atoms with van der Waals surface area (Å²) in [4.78, 5) is 0. The molecular formula is C59H74N2O4. The smallest absolute Gasteiger partial charge is 0.128 e. The molecule has 0 radical (unpaired) electrons. The van der Waals surface area contributed by atoms with Gasteiger partial charge in [-0.25, -0.2) is 0 Å². The number of benzene rings is 6. The van der Waals surface area contributed by atoms with Crippen LogP contribution in [-0.2, 0) is 27.8 Å². The molecule has 0 heterocycles. The minimum atomic E-state index is -0.604. The van der Waals surface area contributed by atoms with Crippen LogP contribution in [0.5, 0.6) is 23.0 Å². The lowest BCUT2D eigenvalue weighted by Gasteiger charge is -2.34. The first-order valence-electron chi connectivity index (χ1n) is 23.0. The zero-order valence-corrected chi connectivity index (χ0v) is 42.5. The van der Waals surface area contributed by atoms with Crippen LogP contribution in [0.15, 0.2) is 97.1 Å². The van der Waals surface area contributed by atoms with E-state index in [4.69, 9.17) is 30.4 Å². The lowest BCUT2D eigenvalue weighted by Crippen LogP contribution is -2.28. The van der Waals surface area contributed by atoms with Gasteiger partial charge in [-0.2, -0.15) is 0 Å². The second-order valence-electron chi connectivity index (χ2n) is 21.1. The summed E-state index contributed by atoms with van der Waals surface area (Å²) in [6, 6.07) is 33.7. The van der Waals surface area contributed by atoms with Crippen molar-refractivity contribution in [3.05, 3.63) is 175 Å². The third-order valence-electron chi connectivity index (χ3n) is 13.3. The van der Waals surface area contributed by atoms with Crippen LogP contribution < -0.4 is 30.4 Å². The first-order valence-corrected chi connectivity index (χ1v) is 23.0. The summed E-state index contributed by atoms with van der Waals surface area (Å²) in [7, 11) is 0. The van der Waals surface area contributed by atoms with Crippen LogP contribution in [0.3, 0.4) is 0 Å². The maximum Gasteiger partial charge on any atom is 0.128 e. The highest BCUT2D eigenvalue weighted by Gasteiger charge is 2.33. The fraction of sp³-hybridized carbons (Fsp3) is 0.390. The average molecular weight is 875 g/mol. The Morgan fingerprint density at radius 2 is 0.462 bits per heavy atom. The van der Waals surface area contributed by atoms with Gasteiger partial charge in [0.15, 0.2) is 0 Å². The Bertz CT molecular complexity index is 2440. The summed E-state index contributed by atoms with van der Waals surface area (Å²) in [5.41, 5.74) is 26.3. The van der Waals surface area contributed by atoms with Crippen molar-refractivity contribution >= 4 is 11.4 Å². The van der Waals surface area contributed by atoms with Gasteiger partial charge in [-0.3, -0.25) is 0 Å². The lowest BCUT2D eigenvalue weighted by atomic mass is 9.76. The first kappa shape index (κ1) is 48.6. The van der Waals surface area contributed by atoms with E-state index in [0.29, 0.717) is 0 Å². The van der Waals surface area contributed by atoms with Crippen LogP contribution in [0, 0.1) is 55.4 Å². The van der Waals surface area contributed by atoms with E-state index in [1.807, 2.05) is 48.5 Å². The van der Waals surface area contributed by atoms with E-state index in [1.165, 1.54) is 11.1 Å². The molecule has 0 fully saturated rings. The quantitative estimate of drug-likeness (QED) is 0.106. The number of ether oxygens (including phenoxy) is 4. The van der Waals surface area contributed by atoms with Gasteiger partial charge < -0.3 is 30.4 Å². The molecule has 6 rings (SSSR count). The van der Waals surface area contributed by atoms with Crippen molar-refractivity contribution in [3.8, 4) is 23.0 Å². The Hall–Kier alpha value is -5.88. The van der Waals surface area contributed by atoms with Crippen LogP contribution in [0.1, 0.15) is 147 Å². The molecule has 6 aromatic carbocycles. The van der Waals surface area contributed by atoms with Crippen LogP contribution in [0.25, 0.3) is 0 Å². The normalized spacial score (nSPS) is 12.6. The van der Waals surface area contributed by atoms with Crippen LogP contribution >= 0.6 is 0 Å². The molecule has 6 nitrogen and oxygen atoms in total. The Kier molecular flexibility index (Phi) is 13.1. The first-order chi connectivity index (χ1) is 30.0. The summed E-state index contributed by atoms with van der Waals surface area (Å²) in [6.45, 7) is 38.6. The monoisotopic (exact) mass is 875 g/mol. The average Bonchev–Trinajstić information content (AvgIpc) is 3.20. The van der Waals surface area contributed by atoms with Crippen LogP contribution in [0.2, 0.25) is 0 Å². The zero-order chi connectivity index (χ0) is 48.2. The summed E-state index contributed by atoms with van der Waals surface area (Å²) < 4.78 is 27.3. The standard InChI is InChI=1S/C59H74N2O4/c1-35-27-45(28-36(2)51(35)64-58(15,16)47-31-39(5)53(40(6)32-47)62-56(11,12)43-19-23-49(60)24-20-43)55(9,10)46-29-37(3)52(38(4)30-46)65-59(17,18)48-33-41(7)54(42(8)34-48)63-57(13,14)44-21-25-50(61)26-22-44/h19-34H,60-61H2,1-18H3. The van der Waals surface area contributed by atoms with Crippen molar-refractivity contribution in [1.29, 1.82) is 0 Å². The second kappa shape index (κ2) is 17.5. The molecule has 0 aromatic heterocycles. The van der Waals surface area contributed by atoms with Crippen molar-refractivity contribution in [2.75, 3.05) is 11.5 Å². The van der Waals surface area contributed by atoms with Gasteiger partial charge in [0.1, 0.15) is 45.4 Å². The highest BCUT2D eigenvalue weighted by atomic mass is 16.5. The van der Waals surface area contributed by atoms with Crippen molar-refractivity contribution in [2.24, 2.45) is 0 Å². The number of nitrogens with two attached hydrogens (primary N) is 2. The van der Waals surface area contributed by atoms with Crippen molar-refractivity contribution in [1.82, 2.24) is 0 Å². The van der Waals surface area contributed by atoms with Gasteiger partial charge >= 0.3 is 0 Å². The SMILES string of the molecule is Cc1cc(C(C)(C)Oc2c(C)cc(C(C)(C)c3cc(C)c(OC(C)(C)c4cc(C)c(OC(C)(C)c5ccc(N)cc5)c(C)c4)c(C)c3)cc2C)cc(C)c1OC(C)(C)c1ccc(N)cc1. The van der Waals surface area contributed by atoms with Crippen molar-refractivity contribution in [2.45, 2.75) is 152 Å². The fourth-order valence-electron chi connectivity index (χ4n) is 9.05. The Morgan fingerprint density at radius 1 is 0.277 bits per heavy atom. The number of rotatable bonds is 14. The summed E-state index contributed by atoms with van der Waals surface area (Å²) in [6.07, 6.45) is 0. The molecule has 0 aliphatic carbocycles. The van der Waals surface area contributed by atoms with Gasteiger partial charge in [-0.05, 0) is 237 Å². The molecular weight excluding hydrogens is 801 g/mol. The summed E-state index contributed by atoms with van der Waals surface area (Å²) >= 11 is 0.